The van der Waals surface area contributed by atoms with Crippen molar-refractivity contribution in [3.05, 3.63) is 53.5 Å². The zero-order chi connectivity index (χ0) is 14.3. The average Bonchev–Trinajstić information content (AvgIpc) is 2.76. The number of benzene rings is 1. The van der Waals surface area contributed by atoms with Crippen LogP contribution in [0.15, 0.2) is 36.5 Å². The molecule has 0 fully saturated rings. The largest absolute Gasteiger partial charge is 0.478 e. The fourth-order valence-corrected chi connectivity index (χ4v) is 2.37. The minimum atomic E-state index is -1.01. The van der Waals surface area contributed by atoms with Crippen molar-refractivity contribution >= 4 is 16.9 Å². The molecule has 5 heteroatoms. The van der Waals surface area contributed by atoms with Crippen LogP contribution in [0.5, 0.6) is 0 Å². The maximum atomic E-state index is 11.5. The monoisotopic (exact) mass is 267 g/mol. The second-order valence-electron chi connectivity index (χ2n) is 4.68. The molecule has 0 aliphatic carbocycles. The van der Waals surface area contributed by atoms with Crippen molar-refractivity contribution in [2.75, 3.05) is 0 Å². The van der Waals surface area contributed by atoms with E-state index in [1.165, 1.54) is 6.20 Å². The Hall–Kier alpha value is -2.69. The van der Waals surface area contributed by atoms with Gasteiger partial charge < -0.3 is 5.11 Å². The molecule has 0 radical (unpaired) electrons. The van der Waals surface area contributed by atoms with E-state index in [0.717, 1.165) is 22.3 Å². The standard InChI is InChI=1S/C15H13N3O2/c1-9-7-10(2)18(17-9)14-11-5-3-4-6-13(11)16-8-12(14)15(19)20/h3-8H,1-2H3,(H,19,20). The second kappa shape index (κ2) is 4.45. The molecule has 0 aliphatic heterocycles. The van der Waals surface area contributed by atoms with Gasteiger partial charge in [-0.15, -0.1) is 0 Å². The van der Waals surface area contributed by atoms with E-state index in [1.54, 1.807) is 4.68 Å². The van der Waals surface area contributed by atoms with E-state index < -0.39 is 5.97 Å². The highest BCUT2D eigenvalue weighted by Crippen LogP contribution is 2.25. The number of carboxylic acid groups (broad SMARTS) is 1. The molecule has 1 aromatic carbocycles. The molecule has 0 unspecified atom stereocenters. The summed E-state index contributed by atoms with van der Waals surface area (Å²) in [6.45, 7) is 3.79. The molecule has 1 N–H and O–H groups in total. The van der Waals surface area contributed by atoms with E-state index in [9.17, 15) is 9.90 Å². The van der Waals surface area contributed by atoms with Gasteiger partial charge in [0.15, 0.2) is 0 Å². The second-order valence-corrected chi connectivity index (χ2v) is 4.68. The third kappa shape index (κ3) is 1.84. The minimum absolute atomic E-state index is 0.148. The summed E-state index contributed by atoms with van der Waals surface area (Å²) in [5, 5.41) is 14.6. The van der Waals surface area contributed by atoms with Gasteiger partial charge in [0.05, 0.1) is 16.9 Å². The molecular weight excluding hydrogens is 254 g/mol. The Bertz CT molecular complexity index is 821. The van der Waals surface area contributed by atoms with Gasteiger partial charge in [-0.25, -0.2) is 9.48 Å². The number of rotatable bonds is 2. The molecule has 100 valence electrons. The number of aromatic nitrogens is 3. The zero-order valence-electron chi connectivity index (χ0n) is 11.2. The van der Waals surface area contributed by atoms with Crippen LogP contribution in [0.1, 0.15) is 21.7 Å². The van der Waals surface area contributed by atoms with Crippen LogP contribution in [0.25, 0.3) is 16.6 Å². The third-order valence-corrected chi connectivity index (χ3v) is 3.20. The van der Waals surface area contributed by atoms with Gasteiger partial charge >= 0.3 is 5.97 Å². The molecule has 0 atom stereocenters. The molecular formula is C15H13N3O2. The summed E-state index contributed by atoms with van der Waals surface area (Å²) < 4.78 is 1.67. The number of hydrogen-bond donors (Lipinski definition) is 1. The topological polar surface area (TPSA) is 68.0 Å². The number of pyridine rings is 1. The maximum absolute atomic E-state index is 11.5. The smallest absolute Gasteiger partial charge is 0.339 e. The van der Waals surface area contributed by atoms with Crippen molar-refractivity contribution in [2.24, 2.45) is 0 Å². The van der Waals surface area contributed by atoms with Crippen LogP contribution in [-0.4, -0.2) is 25.8 Å². The first-order chi connectivity index (χ1) is 9.58. The number of nitrogens with zero attached hydrogens (tertiary/aromatic N) is 3. The summed E-state index contributed by atoms with van der Waals surface area (Å²) in [7, 11) is 0. The van der Waals surface area contributed by atoms with E-state index in [0.29, 0.717) is 5.69 Å². The molecule has 5 nitrogen and oxygen atoms in total. The number of aryl methyl sites for hydroxylation is 2. The van der Waals surface area contributed by atoms with E-state index >= 15 is 0 Å². The highest BCUT2D eigenvalue weighted by molar-refractivity contribution is 6.00. The first-order valence-electron chi connectivity index (χ1n) is 6.22. The number of aromatic carboxylic acids is 1. The Morgan fingerprint density at radius 2 is 2.00 bits per heavy atom. The molecule has 0 saturated carbocycles. The van der Waals surface area contributed by atoms with Gasteiger partial charge in [-0.2, -0.15) is 5.10 Å². The fourth-order valence-electron chi connectivity index (χ4n) is 2.37. The highest BCUT2D eigenvalue weighted by atomic mass is 16.4. The lowest BCUT2D eigenvalue weighted by atomic mass is 10.1. The first kappa shape index (κ1) is 12.3. The van der Waals surface area contributed by atoms with Gasteiger partial charge in [-0.3, -0.25) is 4.98 Å². The van der Waals surface area contributed by atoms with Crippen molar-refractivity contribution in [1.82, 2.24) is 14.8 Å². The van der Waals surface area contributed by atoms with Gasteiger partial charge in [0.1, 0.15) is 5.56 Å². The predicted molar refractivity (Wildman–Crippen MR) is 75.3 cm³/mol. The summed E-state index contributed by atoms with van der Waals surface area (Å²) in [4.78, 5) is 15.7. The van der Waals surface area contributed by atoms with Gasteiger partial charge in [-0.05, 0) is 26.0 Å². The van der Waals surface area contributed by atoms with Crippen molar-refractivity contribution in [3.63, 3.8) is 0 Å². The predicted octanol–water partition coefficient (Wildman–Crippen LogP) is 2.74. The first-order valence-corrected chi connectivity index (χ1v) is 6.22. The van der Waals surface area contributed by atoms with Gasteiger partial charge in [-0.1, -0.05) is 18.2 Å². The van der Waals surface area contributed by atoms with Crippen LogP contribution in [0.3, 0.4) is 0 Å². The van der Waals surface area contributed by atoms with Gasteiger partial charge in [0.2, 0.25) is 0 Å². The molecule has 0 spiro atoms. The van der Waals surface area contributed by atoms with Crippen LogP contribution in [-0.2, 0) is 0 Å². The lowest BCUT2D eigenvalue weighted by molar-refractivity contribution is 0.0696. The van der Waals surface area contributed by atoms with Crippen molar-refractivity contribution in [1.29, 1.82) is 0 Å². The van der Waals surface area contributed by atoms with Crippen molar-refractivity contribution < 1.29 is 9.90 Å². The molecule has 0 saturated heterocycles. The summed E-state index contributed by atoms with van der Waals surface area (Å²) >= 11 is 0. The van der Waals surface area contributed by atoms with Crippen molar-refractivity contribution in [2.45, 2.75) is 13.8 Å². The number of carbonyl (C=O) groups is 1. The van der Waals surface area contributed by atoms with Crippen LogP contribution in [0, 0.1) is 13.8 Å². The maximum Gasteiger partial charge on any atom is 0.339 e. The van der Waals surface area contributed by atoms with Gasteiger partial charge in [0.25, 0.3) is 0 Å². The van der Waals surface area contributed by atoms with Crippen LogP contribution in [0.2, 0.25) is 0 Å². The number of carboxylic acids is 1. The van der Waals surface area contributed by atoms with Crippen molar-refractivity contribution in [3.8, 4) is 5.69 Å². The highest BCUT2D eigenvalue weighted by Gasteiger charge is 2.18. The Kier molecular flexibility index (Phi) is 2.75. The molecule has 0 amide bonds. The van der Waals surface area contributed by atoms with E-state index in [-0.39, 0.29) is 5.56 Å². The number of para-hydroxylation sites is 1. The Labute approximate surface area is 115 Å². The normalized spacial score (nSPS) is 10.9. The van der Waals surface area contributed by atoms with E-state index in [4.69, 9.17) is 0 Å². The summed E-state index contributed by atoms with van der Waals surface area (Å²) in [6, 6.07) is 9.38. The third-order valence-electron chi connectivity index (χ3n) is 3.20. The molecule has 2 aromatic heterocycles. The fraction of sp³-hybridized carbons (Fsp3) is 0.133. The molecule has 2 heterocycles. The summed E-state index contributed by atoms with van der Waals surface area (Å²) in [5.74, 6) is -1.01. The lowest BCUT2D eigenvalue weighted by Gasteiger charge is -2.11. The SMILES string of the molecule is Cc1cc(C)n(-c2c(C(=O)O)cnc3ccccc23)n1. The number of hydrogen-bond acceptors (Lipinski definition) is 3. The Morgan fingerprint density at radius 3 is 2.65 bits per heavy atom. The van der Waals surface area contributed by atoms with E-state index in [1.807, 2.05) is 44.2 Å². The summed E-state index contributed by atoms with van der Waals surface area (Å²) in [6.07, 6.45) is 1.39. The average molecular weight is 267 g/mol. The van der Waals surface area contributed by atoms with Gasteiger partial charge in [0, 0.05) is 17.3 Å². The van der Waals surface area contributed by atoms with Crippen LogP contribution in [0.4, 0.5) is 0 Å². The van der Waals surface area contributed by atoms with E-state index in [2.05, 4.69) is 10.1 Å². The number of fused-ring (bicyclic) bond motifs is 1. The lowest BCUT2D eigenvalue weighted by Crippen LogP contribution is -2.09. The molecule has 20 heavy (non-hydrogen) atoms. The molecule has 3 rings (SSSR count). The quantitative estimate of drug-likeness (QED) is 0.775. The summed E-state index contributed by atoms with van der Waals surface area (Å²) in [5.41, 5.74) is 3.20. The molecule has 3 aromatic rings. The minimum Gasteiger partial charge on any atom is -0.478 e. The zero-order valence-corrected chi connectivity index (χ0v) is 11.2. The van der Waals surface area contributed by atoms with Crippen LogP contribution < -0.4 is 0 Å². The Morgan fingerprint density at radius 1 is 1.25 bits per heavy atom. The molecule has 0 aliphatic rings. The Balaban J connectivity index is 2.45. The molecule has 0 bridgehead atoms. The van der Waals surface area contributed by atoms with Crippen LogP contribution >= 0.6 is 0 Å².